The van der Waals surface area contributed by atoms with Crippen molar-refractivity contribution in [3.05, 3.63) is 0 Å². The highest BCUT2D eigenvalue weighted by Gasteiger charge is 2.15. The fourth-order valence-corrected chi connectivity index (χ4v) is 1.42. The van der Waals surface area contributed by atoms with Crippen molar-refractivity contribution < 1.29 is 14.4 Å². The molecule has 0 heterocycles. The first-order valence-corrected chi connectivity index (χ1v) is 6.45. The van der Waals surface area contributed by atoms with Gasteiger partial charge in [0, 0.05) is 19.0 Å². The van der Waals surface area contributed by atoms with Crippen molar-refractivity contribution in [3.63, 3.8) is 0 Å². The highest BCUT2D eigenvalue weighted by molar-refractivity contribution is 5.76. The summed E-state index contributed by atoms with van der Waals surface area (Å²) in [6.07, 6.45) is 2.66. The van der Waals surface area contributed by atoms with Gasteiger partial charge in [-0.15, -0.1) is 0 Å². The van der Waals surface area contributed by atoms with E-state index in [1.165, 1.54) is 5.06 Å². The summed E-state index contributed by atoms with van der Waals surface area (Å²) in [5.74, 6) is 0.0550. The molecule has 0 fully saturated rings. The van der Waals surface area contributed by atoms with Gasteiger partial charge in [-0.2, -0.15) is 0 Å². The summed E-state index contributed by atoms with van der Waals surface area (Å²) in [5, 5.41) is 4.12. The number of carbonyl (C=O) groups is 2. The van der Waals surface area contributed by atoms with Crippen LogP contribution in [0.3, 0.4) is 0 Å². The molecule has 0 aliphatic heterocycles. The van der Waals surface area contributed by atoms with E-state index in [0.717, 1.165) is 12.8 Å². The van der Waals surface area contributed by atoms with Gasteiger partial charge < -0.3 is 5.32 Å². The van der Waals surface area contributed by atoms with E-state index in [4.69, 9.17) is 4.84 Å². The maximum Gasteiger partial charge on any atom is 0.233 e. The average Bonchev–Trinajstić information content (AvgIpc) is 2.19. The van der Waals surface area contributed by atoms with Crippen LogP contribution in [0.15, 0.2) is 0 Å². The van der Waals surface area contributed by atoms with E-state index in [1.807, 2.05) is 34.6 Å². The Morgan fingerprint density at radius 3 is 2.39 bits per heavy atom. The smallest absolute Gasteiger partial charge is 0.233 e. The van der Waals surface area contributed by atoms with Gasteiger partial charge in [0.25, 0.3) is 0 Å². The molecule has 106 valence electrons. The van der Waals surface area contributed by atoms with E-state index >= 15 is 0 Å². The Bertz CT molecular complexity index is 259. The Morgan fingerprint density at radius 2 is 1.94 bits per heavy atom. The molecule has 5 heteroatoms. The minimum absolute atomic E-state index is 0.0550. The molecule has 0 rings (SSSR count). The zero-order chi connectivity index (χ0) is 14.2. The minimum Gasteiger partial charge on any atom is -0.354 e. The van der Waals surface area contributed by atoms with Crippen molar-refractivity contribution in [1.29, 1.82) is 0 Å². The summed E-state index contributed by atoms with van der Waals surface area (Å²) >= 11 is 0. The molecule has 0 aromatic rings. The zero-order valence-corrected chi connectivity index (χ0v) is 12.2. The number of hydrogen-bond acceptors (Lipinski definition) is 3. The van der Waals surface area contributed by atoms with Crippen molar-refractivity contribution in [2.75, 3.05) is 6.54 Å². The van der Waals surface area contributed by atoms with Gasteiger partial charge in [0.1, 0.15) is 0 Å². The number of unbranched alkanes of at least 4 members (excludes halogenated alkanes) is 1. The molecule has 0 saturated carbocycles. The van der Waals surface area contributed by atoms with Crippen molar-refractivity contribution in [2.45, 2.75) is 65.5 Å². The fraction of sp³-hybridized carbons (Fsp3) is 0.846. The van der Waals surface area contributed by atoms with Crippen molar-refractivity contribution in [2.24, 2.45) is 0 Å². The number of hydroxylamine groups is 2. The number of nitrogens with one attached hydrogen (secondary N) is 1. The Kier molecular flexibility index (Phi) is 7.59. The molecule has 0 saturated heterocycles. The first-order valence-electron chi connectivity index (χ1n) is 6.45. The maximum absolute atomic E-state index is 11.4. The molecular weight excluding hydrogens is 232 g/mol. The SMILES string of the molecule is CC(C)NC(=O)CCCCN(C=O)OC(C)(C)C. The van der Waals surface area contributed by atoms with E-state index in [-0.39, 0.29) is 17.6 Å². The predicted molar refractivity (Wildman–Crippen MR) is 70.7 cm³/mol. The Labute approximate surface area is 110 Å². The van der Waals surface area contributed by atoms with Crippen LogP contribution in [-0.2, 0) is 14.4 Å². The Hall–Kier alpha value is -1.10. The molecule has 0 radical (unpaired) electrons. The van der Waals surface area contributed by atoms with Crippen LogP contribution in [0.1, 0.15) is 53.9 Å². The molecule has 18 heavy (non-hydrogen) atoms. The topological polar surface area (TPSA) is 58.6 Å². The van der Waals surface area contributed by atoms with Gasteiger partial charge in [0.05, 0.1) is 5.60 Å². The zero-order valence-electron chi connectivity index (χ0n) is 12.2. The molecule has 0 spiro atoms. The van der Waals surface area contributed by atoms with Crippen LogP contribution < -0.4 is 5.32 Å². The lowest BCUT2D eigenvalue weighted by molar-refractivity contribution is -0.216. The molecule has 5 nitrogen and oxygen atoms in total. The molecule has 0 aliphatic carbocycles. The number of nitrogens with zero attached hydrogens (tertiary/aromatic N) is 1. The second-order valence-electron chi connectivity index (χ2n) is 5.63. The van der Waals surface area contributed by atoms with Crippen LogP contribution in [0.5, 0.6) is 0 Å². The molecule has 0 aromatic heterocycles. The first-order chi connectivity index (χ1) is 8.24. The third-order valence-corrected chi connectivity index (χ3v) is 1.99. The summed E-state index contributed by atoms with van der Waals surface area (Å²) in [6, 6.07) is 0.174. The summed E-state index contributed by atoms with van der Waals surface area (Å²) in [5.41, 5.74) is -0.379. The number of carbonyl (C=O) groups excluding carboxylic acids is 2. The van der Waals surface area contributed by atoms with Crippen molar-refractivity contribution >= 4 is 12.3 Å². The van der Waals surface area contributed by atoms with E-state index in [0.29, 0.717) is 19.4 Å². The summed E-state index contributed by atoms with van der Waals surface area (Å²) in [4.78, 5) is 27.6. The minimum atomic E-state index is -0.379. The first kappa shape index (κ1) is 16.9. The van der Waals surface area contributed by atoms with E-state index < -0.39 is 0 Å². The van der Waals surface area contributed by atoms with Crippen LogP contribution in [0.2, 0.25) is 0 Å². The molecule has 0 aliphatic rings. The number of hydrogen-bond donors (Lipinski definition) is 1. The van der Waals surface area contributed by atoms with Crippen LogP contribution in [0, 0.1) is 0 Å². The monoisotopic (exact) mass is 258 g/mol. The Balaban J connectivity index is 3.75. The van der Waals surface area contributed by atoms with Gasteiger partial charge in [-0.25, -0.2) is 5.06 Å². The number of rotatable bonds is 8. The summed E-state index contributed by atoms with van der Waals surface area (Å²) in [6.45, 7) is 10.0. The van der Waals surface area contributed by atoms with Crippen molar-refractivity contribution in [1.82, 2.24) is 10.4 Å². The van der Waals surface area contributed by atoms with E-state index in [9.17, 15) is 9.59 Å². The molecule has 0 unspecified atom stereocenters. The molecule has 0 bridgehead atoms. The highest BCUT2D eigenvalue weighted by Crippen LogP contribution is 2.10. The third-order valence-electron chi connectivity index (χ3n) is 1.99. The van der Waals surface area contributed by atoms with E-state index in [1.54, 1.807) is 0 Å². The Morgan fingerprint density at radius 1 is 1.33 bits per heavy atom. The van der Waals surface area contributed by atoms with Gasteiger partial charge in [-0.05, 0) is 47.5 Å². The highest BCUT2D eigenvalue weighted by atomic mass is 16.7. The average molecular weight is 258 g/mol. The normalized spacial score (nSPS) is 11.4. The fourth-order valence-electron chi connectivity index (χ4n) is 1.42. The van der Waals surface area contributed by atoms with Crippen molar-refractivity contribution in [3.8, 4) is 0 Å². The molecular formula is C13H26N2O3. The summed E-state index contributed by atoms with van der Waals surface area (Å²) < 4.78 is 0. The molecule has 0 atom stereocenters. The molecule has 0 aromatic carbocycles. The van der Waals surface area contributed by atoms with Crippen LogP contribution in [-0.4, -0.2) is 35.6 Å². The predicted octanol–water partition coefficient (Wildman–Crippen LogP) is 1.87. The second kappa shape index (κ2) is 8.08. The van der Waals surface area contributed by atoms with Gasteiger partial charge >= 0.3 is 0 Å². The standard InChI is InChI=1S/C13H26N2O3/c1-11(2)14-12(17)8-6-7-9-15(10-16)18-13(3,4)5/h10-11H,6-9H2,1-5H3,(H,14,17). The second-order valence-corrected chi connectivity index (χ2v) is 5.63. The molecule has 1 N–H and O–H groups in total. The van der Waals surface area contributed by atoms with Gasteiger partial charge in [0.15, 0.2) is 0 Å². The quantitative estimate of drug-likeness (QED) is 0.411. The maximum atomic E-state index is 11.4. The van der Waals surface area contributed by atoms with Crippen LogP contribution in [0.4, 0.5) is 0 Å². The number of amides is 2. The van der Waals surface area contributed by atoms with Crippen LogP contribution in [0.25, 0.3) is 0 Å². The van der Waals surface area contributed by atoms with Gasteiger partial charge in [-0.3, -0.25) is 14.4 Å². The lowest BCUT2D eigenvalue weighted by Gasteiger charge is -2.26. The van der Waals surface area contributed by atoms with Crippen LogP contribution >= 0.6 is 0 Å². The lowest BCUT2D eigenvalue weighted by atomic mass is 10.2. The summed E-state index contributed by atoms with van der Waals surface area (Å²) in [7, 11) is 0. The largest absolute Gasteiger partial charge is 0.354 e. The molecule has 2 amide bonds. The third kappa shape index (κ3) is 10.1. The van der Waals surface area contributed by atoms with E-state index in [2.05, 4.69) is 5.32 Å². The van der Waals surface area contributed by atoms with Gasteiger partial charge in [0.2, 0.25) is 12.3 Å². The van der Waals surface area contributed by atoms with Gasteiger partial charge in [-0.1, -0.05) is 0 Å². The lowest BCUT2D eigenvalue weighted by Crippen LogP contribution is -2.34.